The first-order valence-electron chi connectivity index (χ1n) is 5.17. The third-order valence-electron chi connectivity index (χ3n) is 2.31. The van der Waals surface area contributed by atoms with Crippen molar-refractivity contribution in [3.8, 4) is 0 Å². The Kier molecular flexibility index (Phi) is 3.24. The minimum atomic E-state index is -0.135. The fourth-order valence-corrected chi connectivity index (χ4v) is 1.38. The highest BCUT2D eigenvalue weighted by molar-refractivity contribution is 5.94. The molecule has 0 bridgehead atoms. The summed E-state index contributed by atoms with van der Waals surface area (Å²) in [5.74, 6) is 0.466. The van der Waals surface area contributed by atoms with Crippen molar-refractivity contribution in [2.45, 2.75) is 13.0 Å². The lowest BCUT2D eigenvalue weighted by atomic mass is 10.2. The van der Waals surface area contributed by atoms with Gasteiger partial charge >= 0.3 is 0 Å². The van der Waals surface area contributed by atoms with E-state index in [4.69, 9.17) is 5.73 Å². The highest BCUT2D eigenvalue weighted by atomic mass is 16.1. The Morgan fingerprint density at radius 2 is 2.35 bits per heavy atom. The molecule has 0 saturated carbocycles. The monoisotopic (exact) mass is 235 g/mol. The van der Waals surface area contributed by atoms with Gasteiger partial charge in [-0.15, -0.1) is 5.10 Å². The third kappa shape index (κ3) is 2.53. The summed E-state index contributed by atoms with van der Waals surface area (Å²) in [5.41, 5.74) is 5.70. The molecule has 0 aromatic carbocycles. The summed E-state index contributed by atoms with van der Waals surface area (Å²) in [4.78, 5) is 15.8. The van der Waals surface area contributed by atoms with Crippen LogP contribution >= 0.6 is 0 Å². The second kappa shape index (κ2) is 4.83. The first kappa shape index (κ1) is 11.4. The lowest BCUT2D eigenvalue weighted by Crippen LogP contribution is -2.10. The van der Waals surface area contributed by atoms with E-state index in [-0.39, 0.29) is 12.2 Å². The molecule has 0 atom stereocenters. The molecule has 2 rings (SSSR count). The maximum atomic E-state index is 11.9. The highest BCUT2D eigenvalue weighted by Gasteiger charge is 2.14. The summed E-state index contributed by atoms with van der Waals surface area (Å²) in [6.45, 7) is 1.00. The van der Waals surface area contributed by atoms with Gasteiger partial charge in [0, 0.05) is 13.6 Å². The molecule has 0 fully saturated rings. The largest absolute Gasteiger partial charge is 0.329 e. The van der Waals surface area contributed by atoms with E-state index in [0.29, 0.717) is 24.6 Å². The zero-order chi connectivity index (χ0) is 12.3. The molecule has 0 aliphatic carbocycles. The Bertz CT molecular complexity index is 515. The van der Waals surface area contributed by atoms with Gasteiger partial charge in [0.2, 0.25) is 0 Å². The number of aryl methyl sites for hydroxylation is 1. The van der Waals surface area contributed by atoms with Crippen molar-refractivity contribution in [2.24, 2.45) is 12.8 Å². The van der Waals surface area contributed by atoms with Gasteiger partial charge in [0.25, 0.3) is 0 Å². The third-order valence-corrected chi connectivity index (χ3v) is 2.31. The van der Waals surface area contributed by atoms with E-state index in [1.165, 1.54) is 6.33 Å². The van der Waals surface area contributed by atoms with Crippen molar-refractivity contribution >= 4 is 5.78 Å². The topological polar surface area (TPSA) is 105 Å². The fourth-order valence-electron chi connectivity index (χ4n) is 1.38. The van der Waals surface area contributed by atoms with E-state index in [1.807, 2.05) is 0 Å². The Hall–Kier alpha value is -2.09. The molecule has 0 saturated heterocycles. The number of carbonyl (C=O) groups is 1. The molecule has 0 aliphatic heterocycles. The molecule has 17 heavy (non-hydrogen) atoms. The molecule has 2 N–H and O–H groups in total. The molecule has 2 heterocycles. The summed E-state index contributed by atoms with van der Waals surface area (Å²) < 4.78 is 3.10. The quantitative estimate of drug-likeness (QED) is 0.652. The fraction of sp³-hybridized carbons (Fsp3) is 0.444. The molecule has 0 unspecified atom stereocenters. The van der Waals surface area contributed by atoms with Crippen LogP contribution in [-0.2, 0) is 20.0 Å². The van der Waals surface area contributed by atoms with Crippen molar-refractivity contribution in [3.05, 3.63) is 24.0 Å². The number of aromatic nitrogens is 6. The zero-order valence-electron chi connectivity index (χ0n) is 9.44. The van der Waals surface area contributed by atoms with Gasteiger partial charge < -0.3 is 5.73 Å². The second-order valence-corrected chi connectivity index (χ2v) is 3.56. The first-order chi connectivity index (χ1) is 8.20. The van der Waals surface area contributed by atoms with Crippen LogP contribution in [0.5, 0.6) is 0 Å². The highest BCUT2D eigenvalue weighted by Crippen LogP contribution is 2.01. The van der Waals surface area contributed by atoms with E-state index < -0.39 is 0 Å². The molecule has 8 heteroatoms. The molecule has 0 amide bonds. The average Bonchev–Trinajstić information content (AvgIpc) is 2.90. The van der Waals surface area contributed by atoms with Gasteiger partial charge in [-0.05, 0) is 0 Å². The van der Waals surface area contributed by atoms with Crippen LogP contribution in [0.1, 0.15) is 16.3 Å². The van der Waals surface area contributed by atoms with Crippen LogP contribution < -0.4 is 5.73 Å². The molecular formula is C9H13N7O. The first-order valence-corrected chi connectivity index (χ1v) is 5.17. The van der Waals surface area contributed by atoms with Crippen LogP contribution in [0.15, 0.2) is 12.5 Å². The number of nitrogens with zero attached hydrogens (tertiary/aromatic N) is 6. The van der Waals surface area contributed by atoms with Crippen molar-refractivity contribution in [3.63, 3.8) is 0 Å². The number of nitrogens with two attached hydrogens (primary N) is 1. The minimum absolute atomic E-state index is 0.135. The molecule has 8 nitrogen and oxygen atoms in total. The molecule has 0 spiro atoms. The van der Waals surface area contributed by atoms with Gasteiger partial charge in [-0.1, -0.05) is 5.21 Å². The normalized spacial score (nSPS) is 10.7. The molecular weight excluding hydrogens is 222 g/mol. The van der Waals surface area contributed by atoms with E-state index >= 15 is 0 Å². The SMILES string of the molecule is Cn1ncnc1CC(=O)c1cn(CCN)nn1. The van der Waals surface area contributed by atoms with Crippen LogP contribution in [0.25, 0.3) is 0 Å². The number of hydrogen-bond acceptors (Lipinski definition) is 6. The van der Waals surface area contributed by atoms with E-state index in [0.717, 1.165) is 0 Å². The standard InChI is InChI=1S/C9H13N7O/c1-15-9(11-6-12-15)4-8(17)7-5-16(3-2-10)14-13-7/h5-6H,2-4,10H2,1H3. The number of hydrogen-bond donors (Lipinski definition) is 1. The van der Waals surface area contributed by atoms with Gasteiger partial charge in [0.1, 0.15) is 17.8 Å². The van der Waals surface area contributed by atoms with Crippen LogP contribution in [0.4, 0.5) is 0 Å². The van der Waals surface area contributed by atoms with E-state index in [1.54, 1.807) is 22.6 Å². The van der Waals surface area contributed by atoms with Crippen molar-refractivity contribution in [1.82, 2.24) is 29.8 Å². The maximum absolute atomic E-state index is 11.9. The predicted molar refractivity (Wildman–Crippen MR) is 58.1 cm³/mol. The van der Waals surface area contributed by atoms with Gasteiger partial charge in [0.05, 0.1) is 19.2 Å². The van der Waals surface area contributed by atoms with Gasteiger partial charge in [-0.2, -0.15) is 5.10 Å². The second-order valence-electron chi connectivity index (χ2n) is 3.56. The van der Waals surface area contributed by atoms with Crippen molar-refractivity contribution in [2.75, 3.05) is 6.54 Å². The molecule has 0 aliphatic rings. The van der Waals surface area contributed by atoms with Crippen LogP contribution in [0.2, 0.25) is 0 Å². The van der Waals surface area contributed by atoms with Crippen molar-refractivity contribution in [1.29, 1.82) is 0 Å². The smallest absolute Gasteiger partial charge is 0.192 e. The Morgan fingerprint density at radius 1 is 1.53 bits per heavy atom. The summed E-state index contributed by atoms with van der Waals surface area (Å²) in [6, 6.07) is 0. The van der Waals surface area contributed by atoms with Gasteiger partial charge in [-0.25, -0.2) is 4.98 Å². The molecule has 2 aromatic rings. The molecule has 2 aromatic heterocycles. The summed E-state index contributed by atoms with van der Waals surface area (Å²) in [5, 5.41) is 11.5. The van der Waals surface area contributed by atoms with Crippen LogP contribution in [0.3, 0.4) is 0 Å². The van der Waals surface area contributed by atoms with E-state index in [2.05, 4.69) is 20.4 Å². The van der Waals surface area contributed by atoms with Gasteiger partial charge in [-0.3, -0.25) is 14.2 Å². The number of ketones is 1. The van der Waals surface area contributed by atoms with Crippen LogP contribution in [0, 0.1) is 0 Å². The zero-order valence-corrected chi connectivity index (χ0v) is 9.44. The Labute approximate surface area is 97.4 Å². The van der Waals surface area contributed by atoms with Crippen molar-refractivity contribution < 1.29 is 4.79 Å². The van der Waals surface area contributed by atoms with E-state index in [9.17, 15) is 4.79 Å². The minimum Gasteiger partial charge on any atom is -0.329 e. The lowest BCUT2D eigenvalue weighted by molar-refractivity contribution is 0.0985. The maximum Gasteiger partial charge on any atom is 0.192 e. The molecule has 90 valence electrons. The Morgan fingerprint density at radius 3 is 3.00 bits per heavy atom. The predicted octanol–water partition coefficient (Wildman–Crippen LogP) is -1.21. The van der Waals surface area contributed by atoms with Crippen LogP contribution in [-0.4, -0.2) is 42.1 Å². The summed E-state index contributed by atoms with van der Waals surface area (Å²) in [6.07, 6.45) is 3.16. The molecule has 0 radical (unpaired) electrons. The number of carbonyl (C=O) groups excluding carboxylic acids is 1. The average molecular weight is 235 g/mol. The summed E-state index contributed by atoms with van der Waals surface area (Å²) in [7, 11) is 1.74. The Balaban J connectivity index is 2.07. The summed E-state index contributed by atoms with van der Waals surface area (Å²) >= 11 is 0. The van der Waals surface area contributed by atoms with Gasteiger partial charge in [0.15, 0.2) is 5.78 Å². The lowest BCUT2D eigenvalue weighted by Gasteiger charge is -1.96. The number of rotatable bonds is 5. The number of Topliss-reactive ketones (excluding diaryl/α,β-unsaturated/α-hetero) is 1.